The summed E-state index contributed by atoms with van der Waals surface area (Å²) in [6.45, 7) is 0. The molecule has 0 fully saturated rings. The van der Waals surface area contributed by atoms with Gasteiger partial charge in [-0.15, -0.1) is 0 Å². The zero-order chi connectivity index (χ0) is 19.2. The van der Waals surface area contributed by atoms with E-state index in [0.717, 1.165) is 16.7 Å². The van der Waals surface area contributed by atoms with Crippen molar-refractivity contribution in [3.8, 4) is 11.1 Å². The van der Waals surface area contributed by atoms with E-state index < -0.39 is 11.9 Å². The molecule has 134 valence electrons. The van der Waals surface area contributed by atoms with Gasteiger partial charge >= 0.3 is 5.97 Å². The first kappa shape index (κ1) is 18.1. The van der Waals surface area contributed by atoms with Gasteiger partial charge in [-0.1, -0.05) is 48.5 Å². The molecule has 3 aromatic carbocycles. The quantitative estimate of drug-likeness (QED) is 0.639. The lowest BCUT2D eigenvalue weighted by Gasteiger charge is -2.06. The molecular formula is C22H16FNO3. The van der Waals surface area contributed by atoms with Crippen LogP contribution in [-0.4, -0.2) is 17.0 Å². The van der Waals surface area contributed by atoms with Crippen molar-refractivity contribution in [2.75, 3.05) is 5.32 Å². The molecule has 27 heavy (non-hydrogen) atoms. The van der Waals surface area contributed by atoms with Gasteiger partial charge in [0, 0.05) is 6.08 Å². The Morgan fingerprint density at radius 1 is 0.889 bits per heavy atom. The summed E-state index contributed by atoms with van der Waals surface area (Å²) in [4.78, 5) is 23.2. The van der Waals surface area contributed by atoms with E-state index in [0.29, 0.717) is 0 Å². The Morgan fingerprint density at radius 3 is 2.33 bits per heavy atom. The minimum atomic E-state index is -1.11. The van der Waals surface area contributed by atoms with Gasteiger partial charge in [0.25, 0.3) is 0 Å². The van der Waals surface area contributed by atoms with E-state index in [9.17, 15) is 14.0 Å². The van der Waals surface area contributed by atoms with Crippen LogP contribution in [0.15, 0.2) is 78.9 Å². The Balaban J connectivity index is 1.69. The molecule has 0 radical (unpaired) electrons. The summed E-state index contributed by atoms with van der Waals surface area (Å²) in [5, 5.41) is 11.7. The molecule has 0 aliphatic carbocycles. The summed E-state index contributed by atoms with van der Waals surface area (Å²) < 4.78 is 13.3. The van der Waals surface area contributed by atoms with E-state index in [1.54, 1.807) is 24.3 Å². The highest BCUT2D eigenvalue weighted by atomic mass is 19.1. The summed E-state index contributed by atoms with van der Waals surface area (Å²) in [7, 11) is 0. The van der Waals surface area contributed by atoms with Crippen LogP contribution in [0.25, 0.3) is 17.2 Å². The van der Waals surface area contributed by atoms with Crippen LogP contribution in [0.4, 0.5) is 10.1 Å². The number of nitrogens with one attached hydrogen (secondary N) is 1. The molecule has 0 bridgehead atoms. The fourth-order valence-electron chi connectivity index (χ4n) is 2.58. The summed E-state index contributed by atoms with van der Waals surface area (Å²) in [6, 6.07) is 19.8. The van der Waals surface area contributed by atoms with Gasteiger partial charge in [0.15, 0.2) is 0 Å². The van der Waals surface area contributed by atoms with Crippen LogP contribution < -0.4 is 5.32 Å². The standard InChI is InChI=1S/C22H16FNO3/c23-18-5-3-4-17(14-18)16-11-8-15(9-12-16)10-13-21(25)24-20-7-2-1-6-19(20)22(26)27/h1-14H,(H,24,25)(H,26,27)/b13-10+. The second-order valence-electron chi connectivity index (χ2n) is 5.81. The maximum Gasteiger partial charge on any atom is 0.337 e. The van der Waals surface area contributed by atoms with Crippen molar-refractivity contribution < 1.29 is 19.1 Å². The number of hydrogen-bond acceptors (Lipinski definition) is 2. The zero-order valence-corrected chi connectivity index (χ0v) is 14.2. The van der Waals surface area contributed by atoms with Crippen LogP contribution in [0, 0.1) is 5.82 Å². The lowest BCUT2D eigenvalue weighted by atomic mass is 10.0. The van der Waals surface area contributed by atoms with Gasteiger partial charge < -0.3 is 10.4 Å². The Hall–Kier alpha value is -3.73. The van der Waals surface area contributed by atoms with Crippen molar-refractivity contribution in [1.82, 2.24) is 0 Å². The summed E-state index contributed by atoms with van der Waals surface area (Å²) >= 11 is 0. The number of carbonyl (C=O) groups is 2. The highest BCUT2D eigenvalue weighted by Crippen LogP contribution is 2.21. The molecule has 0 saturated carbocycles. The third-order valence-corrected chi connectivity index (χ3v) is 3.91. The first-order chi connectivity index (χ1) is 13.0. The molecule has 0 heterocycles. The molecule has 0 unspecified atom stereocenters. The second kappa shape index (κ2) is 8.10. The maximum atomic E-state index is 13.3. The number of benzene rings is 3. The van der Waals surface area contributed by atoms with Crippen LogP contribution in [0.1, 0.15) is 15.9 Å². The Morgan fingerprint density at radius 2 is 1.63 bits per heavy atom. The second-order valence-corrected chi connectivity index (χ2v) is 5.81. The predicted octanol–water partition coefficient (Wildman–Crippen LogP) is 4.84. The Kier molecular flexibility index (Phi) is 5.42. The molecule has 0 aromatic heterocycles. The van der Waals surface area contributed by atoms with E-state index in [1.165, 1.54) is 30.3 Å². The normalized spacial score (nSPS) is 10.7. The highest BCUT2D eigenvalue weighted by molar-refractivity contribution is 6.06. The fourth-order valence-corrected chi connectivity index (χ4v) is 2.58. The Labute approximate surface area is 155 Å². The number of amides is 1. The third kappa shape index (κ3) is 4.67. The molecule has 0 atom stereocenters. The smallest absolute Gasteiger partial charge is 0.337 e. The van der Waals surface area contributed by atoms with E-state index in [-0.39, 0.29) is 17.1 Å². The van der Waals surface area contributed by atoms with Gasteiger partial charge in [0.1, 0.15) is 5.82 Å². The van der Waals surface area contributed by atoms with Crippen molar-refractivity contribution in [2.24, 2.45) is 0 Å². The van der Waals surface area contributed by atoms with Crippen LogP contribution in [0.3, 0.4) is 0 Å². The lowest BCUT2D eigenvalue weighted by molar-refractivity contribution is -0.111. The molecule has 2 N–H and O–H groups in total. The minimum absolute atomic E-state index is 0.0266. The highest BCUT2D eigenvalue weighted by Gasteiger charge is 2.10. The molecule has 0 spiro atoms. The van der Waals surface area contributed by atoms with Gasteiger partial charge in [-0.25, -0.2) is 9.18 Å². The van der Waals surface area contributed by atoms with E-state index in [4.69, 9.17) is 5.11 Å². The molecule has 0 aliphatic heterocycles. The topological polar surface area (TPSA) is 66.4 Å². The summed E-state index contributed by atoms with van der Waals surface area (Å²) in [6.07, 6.45) is 2.95. The van der Waals surface area contributed by atoms with Crippen LogP contribution in [0.5, 0.6) is 0 Å². The lowest BCUT2D eigenvalue weighted by Crippen LogP contribution is -2.11. The molecule has 3 aromatic rings. The van der Waals surface area contributed by atoms with E-state index in [2.05, 4.69) is 5.32 Å². The van der Waals surface area contributed by atoms with Gasteiger partial charge in [0.05, 0.1) is 11.3 Å². The Bertz CT molecular complexity index is 1010. The first-order valence-corrected chi connectivity index (χ1v) is 8.20. The number of halogens is 1. The molecule has 1 amide bonds. The van der Waals surface area contributed by atoms with Gasteiger partial charge in [-0.05, 0) is 47.0 Å². The predicted molar refractivity (Wildman–Crippen MR) is 103 cm³/mol. The fraction of sp³-hybridized carbons (Fsp3) is 0. The molecule has 5 heteroatoms. The average Bonchev–Trinajstić information content (AvgIpc) is 2.67. The number of para-hydroxylation sites is 1. The number of carboxylic acid groups (broad SMARTS) is 1. The first-order valence-electron chi connectivity index (χ1n) is 8.20. The maximum absolute atomic E-state index is 13.3. The number of anilines is 1. The number of aromatic carboxylic acids is 1. The van der Waals surface area contributed by atoms with Crippen LogP contribution in [0.2, 0.25) is 0 Å². The minimum Gasteiger partial charge on any atom is -0.478 e. The van der Waals surface area contributed by atoms with Crippen molar-refractivity contribution >= 4 is 23.6 Å². The van der Waals surface area contributed by atoms with E-state index in [1.807, 2.05) is 30.3 Å². The molecular weight excluding hydrogens is 345 g/mol. The van der Waals surface area contributed by atoms with Crippen molar-refractivity contribution in [1.29, 1.82) is 0 Å². The summed E-state index contributed by atoms with van der Waals surface area (Å²) in [5.74, 6) is -1.84. The largest absolute Gasteiger partial charge is 0.478 e. The van der Waals surface area contributed by atoms with Gasteiger partial charge in [0.2, 0.25) is 5.91 Å². The summed E-state index contributed by atoms with van der Waals surface area (Å²) in [5.41, 5.74) is 2.69. The van der Waals surface area contributed by atoms with Crippen molar-refractivity contribution in [3.05, 3.63) is 95.8 Å². The van der Waals surface area contributed by atoms with Crippen LogP contribution in [-0.2, 0) is 4.79 Å². The average molecular weight is 361 g/mol. The van der Waals surface area contributed by atoms with E-state index >= 15 is 0 Å². The van der Waals surface area contributed by atoms with Gasteiger partial charge in [-0.2, -0.15) is 0 Å². The molecule has 4 nitrogen and oxygen atoms in total. The number of carbonyl (C=O) groups excluding carboxylic acids is 1. The number of hydrogen-bond donors (Lipinski definition) is 2. The zero-order valence-electron chi connectivity index (χ0n) is 14.2. The monoisotopic (exact) mass is 361 g/mol. The number of rotatable bonds is 5. The van der Waals surface area contributed by atoms with Crippen LogP contribution >= 0.6 is 0 Å². The number of carboxylic acids is 1. The molecule has 0 aliphatic rings. The van der Waals surface area contributed by atoms with Crippen molar-refractivity contribution in [2.45, 2.75) is 0 Å². The molecule has 3 rings (SSSR count). The van der Waals surface area contributed by atoms with Crippen molar-refractivity contribution in [3.63, 3.8) is 0 Å². The SMILES string of the molecule is O=C(/C=C/c1ccc(-c2cccc(F)c2)cc1)Nc1ccccc1C(=O)O. The third-order valence-electron chi connectivity index (χ3n) is 3.91. The molecule has 0 saturated heterocycles. The van der Waals surface area contributed by atoms with Gasteiger partial charge in [-0.3, -0.25) is 4.79 Å².